The number of ether oxygens (including phenoxy) is 1. The minimum atomic E-state index is -1.04. The van der Waals surface area contributed by atoms with Crippen molar-refractivity contribution in [3.63, 3.8) is 0 Å². The van der Waals surface area contributed by atoms with Crippen molar-refractivity contribution in [1.82, 2.24) is 10.4 Å². The summed E-state index contributed by atoms with van der Waals surface area (Å²) in [5.74, 6) is -1.66. The zero-order chi connectivity index (χ0) is 22.7. The summed E-state index contributed by atoms with van der Waals surface area (Å²) in [5, 5.41) is 4.69. The molecule has 0 saturated carbocycles. The standard InChI is InChI=1S/C23H20N4O5/c1-14(22(30)25-19-6-2-5-18-17(19)4-3-13-24-18)32-23(31)15-7-9-16(10-8-15)27-21(29)12-11-20(28)26-27/h2-10,13-14H,11-12H2,1H3,(H,25,30)(H,26,28). The fourth-order valence-electron chi connectivity index (χ4n) is 3.26. The van der Waals surface area contributed by atoms with Gasteiger partial charge < -0.3 is 10.1 Å². The van der Waals surface area contributed by atoms with Crippen LogP contribution in [0.15, 0.2) is 60.8 Å². The van der Waals surface area contributed by atoms with Crippen molar-refractivity contribution >= 4 is 46.0 Å². The van der Waals surface area contributed by atoms with Gasteiger partial charge in [0.2, 0.25) is 11.8 Å². The molecule has 1 aromatic heterocycles. The lowest BCUT2D eigenvalue weighted by Crippen LogP contribution is -2.50. The van der Waals surface area contributed by atoms with Crippen LogP contribution < -0.4 is 15.8 Å². The van der Waals surface area contributed by atoms with E-state index in [2.05, 4.69) is 15.7 Å². The number of fused-ring (bicyclic) bond motifs is 1. The van der Waals surface area contributed by atoms with Crippen LogP contribution in [0, 0.1) is 0 Å². The van der Waals surface area contributed by atoms with Crippen LogP contribution >= 0.6 is 0 Å². The van der Waals surface area contributed by atoms with Gasteiger partial charge in [-0.1, -0.05) is 6.07 Å². The summed E-state index contributed by atoms with van der Waals surface area (Å²) in [6.45, 7) is 1.48. The minimum Gasteiger partial charge on any atom is -0.449 e. The summed E-state index contributed by atoms with van der Waals surface area (Å²) in [4.78, 5) is 52.8. The van der Waals surface area contributed by atoms with Gasteiger partial charge in [-0.2, -0.15) is 0 Å². The molecule has 1 aliphatic heterocycles. The molecular formula is C23H20N4O5. The molecule has 1 fully saturated rings. The molecule has 2 N–H and O–H groups in total. The fourth-order valence-corrected chi connectivity index (χ4v) is 3.26. The lowest BCUT2D eigenvalue weighted by Gasteiger charge is -2.27. The Balaban J connectivity index is 1.40. The van der Waals surface area contributed by atoms with E-state index in [0.717, 1.165) is 15.9 Å². The Morgan fingerprint density at radius 1 is 1.06 bits per heavy atom. The van der Waals surface area contributed by atoms with Crippen molar-refractivity contribution in [3.05, 3.63) is 66.4 Å². The SMILES string of the molecule is CC(OC(=O)c1ccc(N2NC(=O)CCC2=O)cc1)C(=O)Nc1cccc2ncccc12. The number of anilines is 2. The number of rotatable bonds is 5. The average Bonchev–Trinajstić information content (AvgIpc) is 2.81. The van der Waals surface area contributed by atoms with Gasteiger partial charge in [-0.05, 0) is 55.5 Å². The molecule has 0 aliphatic carbocycles. The normalized spacial score (nSPS) is 14.6. The van der Waals surface area contributed by atoms with Gasteiger partial charge in [0.15, 0.2) is 6.10 Å². The van der Waals surface area contributed by atoms with E-state index in [4.69, 9.17) is 4.74 Å². The maximum Gasteiger partial charge on any atom is 0.338 e. The summed E-state index contributed by atoms with van der Waals surface area (Å²) >= 11 is 0. The summed E-state index contributed by atoms with van der Waals surface area (Å²) in [6, 6.07) is 14.9. The number of hydrazine groups is 1. The Morgan fingerprint density at radius 3 is 2.62 bits per heavy atom. The molecule has 2 heterocycles. The number of nitrogens with one attached hydrogen (secondary N) is 2. The van der Waals surface area contributed by atoms with Gasteiger partial charge >= 0.3 is 5.97 Å². The van der Waals surface area contributed by atoms with E-state index < -0.39 is 18.0 Å². The summed E-state index contributed by atoms with van der Waals surface area (Å²) in [7, 11) is 0. The highest BCUT2D eigenvalue weighted by atomic mass is 16.5. The summed E-state index contributed by atoms with van der Waals surface area (Å²) in [5.41, 5.74) is 4.42. The molecule has 3 aromatic rings. The number of esters is 1. The average molecular weight is 432 g/mol. The lowest BCUT2D eigenvalue weighted by molar-refractivity contribution is -0.130. The van der Waals surface area contributed by atoms with Gasteiger partial charge in [-0.25, -0.2) is 9.80 Å². The van der Waals surface area contributed by atoms with E-state index in [0.29, 0.717) is 11.4 Å². The molecule has 9 nitrogen and oxygen atoms in total. The first-order valence-electron chi connectivity index (χ1n) is 10.0. The van der Waals surface area contributed by atoms with Crippen LogP contribution in [-0.2, 0) is 19.1 Å². The number of amides is 3. The number of nitrogens with zero attached hydrogens (tertiary/aromatic N) is 2. The molecule has 1 saturated heterocycles. The third kappa shape index (κ3) is 4.41. The van der Waals surface area contributed by atoms with Gasteiger partial charge in [0, 0.05) is 24.4 Å². The number of hydrogen-bond donors (Lipinski definition) is 2. The minimum absolute atomic E-state index is 0.120. The number of carbonyl (C=O) groups excluding carboxylic acids is 4. The van der Waals surface area contributed by atoms with Crippen molar-refractivity contribution in [2.75, 3.05) is 10.3 Å². The molecule has 3 amide bonds. The van der Waals surface area contributed by atoms with Gasteiger partial charge in [0.25, 0.3) is 5.91 Å². The summed E-state index contributed by atoms with van der Waals surface area (Å²) < 4.78 is 5.29. The third-order valence-corrected chi connectivity index (χ3v) is 4.97. The van der Waals surface area contributed by atoms with Crippen molar-refractivity contribution in [2.24, 2.45) is 0 Å². The van der Waals surface area contributed by atoms with E-state index in [9.17, 15) is 19.2 Å². The molecule has 1 aliphatic rings. The molecule has 162 valence electrons. The smallest absolute Gasteiger partial charge is 0.338 e. The topological polar surface area (TPSA) is 118 Å². The molecule has 2 aromatic carbocycles. The number of pyridine rings is 1. The predicted octanol–water partition coefficient (Wildman–Crippen LogP) is 2.58. The van der Waals surface area contributed by atoms with Gasteiger partial charge in [-0.15, -0.1) is 0 Å². The largest absolute Gasteiger partial charge is 0.449 e. The third-order valence-electron chi connectivity index (χ3n) is 4.97. The van der Waals surface area contributed by atoms with E-state index in [1.54, 1.807) is 24.4 Å². The van der Waals surface area contributed by atoms with Crippen molar-refractivity contribution < 1.29 is 23.9 Å². The summed E-state index contributed by atoms with van der Waals surface area (Å²) in [6.07, 6.45) is 0.889. The lowest BCUT2D eigenvalue weighted by atomic mass is 10.1. The molecule has 1 atom stereocenters. The van der Waals surface area contributed by atoms with Crippen LogP contribution in [0.2, 0.25) is 0 Å². The molecule has 0 spiro atoms. The number of aromatic nitrogens is 1. The van der Waals surface area contributed by atoms with Crippen LogP contribution in [0.25, 0.3) is 10.9 Å². The predicted molar refractivity (Wildman–Crippen MR) is 117 cm³/mol. The Morgan fingerprint density at radius 2 is 1.84 bits per heavy atom. The van der Waals surface area contributed by atoms with Crippen molar-refractivity contribution in [1.29, 1.82) is 0 Å². The second kappa shape index (κ2) is 8.84. The highest BCUT2D eigenvalue weighted by Crippen LogP contribution is 2.22. The van der Waals surface area contributed by atoms with E-state index in [1.807, 2.05) is 12.1 Å². The first-order chi connectivity index (χ1) is 15.4. The Labute approximate surface area is 183 Å². The van der Waals surface area contributed by atoms with E-state index in [1.165, 1.54) is 31.2 Å². The molecule has 0 radical (unpaired) electrons. The maximum atomic E-state index is 12.6. The fraction of sp³-hybridized carbons (Fsp3) is 0.174. The molecule has 1 unspecified atom stereocenters. The highest BCUT2D eigenvalue weighted by Gasteiger charge is 2.25. The van der Waals surface area contributed by atoms with E-state index >= 15 is 0 Å². The molecule has 4 rings (SSSR count). The Kier molecular flexibility index (Phi) is 5.80. The molecule has 9 heteroatoms. The zero-order valence-corrected chi connectivity index (χ0v) is 17.2. The van der Waals surface area contributed by atoms with Crippen LogP contribution in [0.5, 0.6) is 0 Å². The van der Waals surface area contributed by atoms with Gasteiger partial charge in [-0.3, -0.25) is 24.8 Å². The molecule has 32 heavy (non-hydrogen) atoms. The number of hydrogen-bond acceptors (Lipinski definition) is 6. The van der Waals surface area contributed by atoms with Crippen molar-refractivity contribution in [2.45, 2.75) is 25.9 Å². The van der Waals surface area contributed by atoms with Crippen LogP contribution in [0.4, 0.5) is 11.4 Å². The van der Waals surface area contributed by atoms with E-state index in [-0.39, 0.29) is 30.2 Å². The first-order valence-corrected chi connectivity index (χ1v) is 10.0. The zero-order valence-electron chi connectivity index (χ0n) is 17.2. The first kappa shape index (κ1) is 21.0. The van der Waals surface area contributed by atoms with Gasteiger partial charge in [0.05, 0.1) is 22.5 Å². The van der Waals surface area contributed by atoms with Crippen LogP contribution in [-0.4, -0.2) is 34.8 Å². The second-order valence-electron chi connectivity index (χ2n) is 7.22. The van der Waals surface area contributed by atoms with Gasteiger partial charge in [0.1, 0.15) is 0 Å². The quantitative estimate of drug-likeness (QED) is 0.599. The van der Waals surface area contributed by atoms with Crippen LogP contribution in [0.1, 0.15) is 30.1 Å². The highest BCUT2D eigenvalue weighted by molar-refractivity contribution is 6.04. The Hall–Kier alpha value is -4.27. The second-order valence-corrected chi connectivity index (χ2v) is 7.22. The number of benzene rings is 2. The Bertz CT molecular complexity index is 1200. The van der Waals surface area contributed by atoms with Crippen LogP contribution in [0.3, 0.4) is 0 Å². The monoisotopic (exact) mass is 432 g/mol. The van der Waals surface area contributed by atoms with Crippen molar-refractivity contribution in [3.8, 4) is 0 Å². The maximum absolute atomic E-state index is 12.6. The molecular weight excluding hydrogens is 412 g/mol. The number of carbonyl (C=O) groups is 4. The molecule has 0 bridgehead atoms.